The Labute approximate surface area is 140 Å². The van der Waals surface area contributed by atoms with Gasteiger partial charge >= 0.3 is 5.76 Å². The van der Waals surface area contributed by atoms with E-state index in [4.69, 9.17) is 4.42 Å². The van der Waals surface area contributed by atoms with Crippen LogP contribution in [0.5, 0.6) is 0 Å². The standard InChI is InChI=1S/C18H13FN2O2S/c1-9-5-12(19)6-10(2)16(9)17-20-14(8-24-17)11-3-4-13-15(7-11)23-18(22)21-13/h3-8H,1-2H3,(H,21,22). The van der Waals surface area contributed by atoms with Crippen LogP contribution in [0.2, 0.25) is 0 Å². The Kier molecular flexibility index (Phi) is 3.35. The molecule has 0 bridgehead atoms. The fourth-order valence-electron chi connectivity index (χ4n) is 2.87. The third-order valence-corrected chi connectivity index (χ3v) is 4.79. The number of hydrogen-bond donors (Lipinski definition) is 1. The van der Waals surface area contributed by atoms with Crippen LogP contribution >= 0.6 is 11.3 Å². The lowest BCUT2D eigenvalue weighted by Crippen LogP contribution is -1.92. The van der Waals surface area contributed by atoms with E-state index in [0.29, 0.717) is 11.1 Å². The molecule has 0 saturated heterocycles. The number of fused-ring (bicyclic) bond motifs is 1. The number of halogens is 1. The average Bonchev–Trinajstić information content (AvgIpc) is 3.11. The van der Waals surface area contributed by atoms with Crippen LogP contribution in [-0.4, -0.2) is 9.97 Å². The largest absolute Gasteiger partial charge is 0.417 e. The van der Waals surface area contributed by atoms with Gasteiger partial charge in [0.15, 0.2) is 5.58 Å². The number of aromatic amines is 1. The molecule has 2 aromatic carbocycles. The second-order valence-electron chi connectivity index (χ2n) is 5.68. The molecule has 6 heteroatoms. The normalized spacial score (nSPS) is 11.3. The molecule has 0 aliphatic rings. The monoisotopic (exact) mass is 340 g/mol. The zero-order valence-electron chi connectivity index (χ0n) is 13.0. The van der Waals surface area contributed by atoms with E-state index in [1.807, 2.05) is 25.3 Å². The summed E-state index contributed by atoms with van der Waals surface area (Å²) >= 11 is 1.51. The summed E-state index contributed by atoms with van der Waals surface area (Å²) in [4.78, 5) is 18.6. The highest BCUT2D eigenvalue weighted by molar-refractivity contribution is 7.13. The van der Waals surface area contributed by atoms with Gasteiger partial charge in [0.1, 0.15) is 10.8 Å². The van der Waals surface area contributed by atoms with Crippen LogP contribution in [-0.2, 0) is 0 Å². The van der Waals surface area contributed by atoms with Crippen LogP contribution in [0, 0.1) is 19.7 Å². The Morgan fingerprint density at radius 1 is 1.17 bits per heavy atom. The highest BCUT2D eigenvalue weighted by atomic mass is 32.1. The second kappa shape index (κ2) is 5.42. The van der Waals surface area contributed by atoms with Crippen LogP contribution in [0.4, 0.5) is 4.39 Å². The van der Waals surface area contributed by atoms with Gasteiger partial charge in [0.25, 0.3) is 0 Å². The number of nitrogens with one attached hydrogen (secondary N) is 1. The van der Waals surface area contributed by atoms with E-state index in [-0.39, 0.29) is 5.82 Å². The first-order valence-electron chi connectivity index (χ1n) is 7.37. The van der Waals surface area contributed by atoms with Gasteiger partial charge < -0.3 is 4.42 Å². The lowest BCUT2D eigenvalue weighted by molar-refractivity contribution is 0.555. The summed E-state index contributed by atoms with van der Waals surface area (Å²) in [5.41, 5.74) is 5.50. The molecule has 120 valence electrons. The molecule has 0 amide bonds. The molecule has 0 spiro atoms. The molecular formula is C18H13FN2O2S. The van der Waals surface area contributed by atoms with E-state index in [1.54, 1.807) is 12.1 Å². The predicted molar refractivity (Wildman–Crippen MR) is 92.8 cm³/mol. The van der Waals surface area contributed by atoms with E-state index in [2.05, 4.69) is 9.97 Å². The van der Waals surface area contributed by atoms with Crippen molar-refractivity contribution in [2.75, 3.05) is 0 Å². The summed E-state index contributed by atoms with van der Waals surface area (Å²) in [5, 5.41) is 2.79. The summed E-state index contributed by atoms with van der Waals surface area (Å²) in [6.07, 6.45) is 0. The summed E-state index contributed by atoms with van der Waals surface area (Å²) in [6, 6.07) is 8.50. The first kappa shape index (κ1) is 14.8. The molecular weight excluding hydrogens is 327 g/mol. The second-order valence-corrected chi connectivity index (χ2v) is 6.54. The van der Waals surface area contributed by atoms with Crippen molar-refractivity contribution in [3.63, 3.8) is 0 Å². The minimum Gasteiger partial charge on any atom is -0.408 e. The molecule has 4 nitrogen and oxygen atoms in total. The van der Waals surface area contributed by atoms with Gasteiger partial charge in [-0.1, -0.05) is 6.07 Å². The van der Waals surface area contributed by atoms with Crippen LogP contribution in [0.1, 0.15) is 11.1 Å². The molecule has 1 N–H and O–H groups in total. The zero-order chi connectivity index (χ0) is 16.8. The molecule has 4 aromatic rings. The van der Waals surface area contributed by atoms with Crippen LogP contribution in [0.25, 0.3) is 32.9 Å². The van der Waals surface area contributed by atoms with E-state index in [9.17, 15) is 9.18 Å². The van der Waals surface area contributed by atoms with Gasteiger partial charge in [-0.05, 0) is 49.2 Å². The van der Waals surface area contributed by atoms with Gasteiger partial charge in [0, 0.05) is 16.5 Å². The first-order valence-corrected chi connectivity index (χ1v) is 8.25. The average molecular weight is 340 g/mol. The fraction of sp³-hybridized carbons (Fsp3) is 0.111. The predicted octanol–water partition coefficient (Wildman–Crippen LogP) is 4.67. The van der Waals surface area contributed by atoms with Crippen molar-refractivity contribution in [3.8, 4) is 21.8 Å². The molecule has 24 heavy (non-hydrogen) atoms. The lowest BCUT2D eigenvalue weighted by atomic mass is 10.0. The zero-order valence-corrected chi connectivity index (χ0v) is 13.8. The van der Waals surface area contributed by atoms with E-state index in [0.717, 1.165) is 33.0 Å². The summed E-state index contributed by atoms with van der Waals surface area (Å²) in [6.45, 7) is 3.76. The third-order valence-electron chi connectivity index (χ3n) is 3.93. The van der Waals surface area contributed by atoms with Gasteiger partial charge in [-0.25, -0.2) is 14.2 Å². The summed E-state index contributed by atoms with van der Waals surface area (Å²) in [5.74, 6) is -0.711. The number of aryl methyl sites for hydroxylation is 2. The first-order chi connectivity index (χ1) is 11.5. The van der Waals surface area contributed by atoms with Crippen molar-refractivity contribution in [2.45, 2.75) is 13.8 Å². The molecule has 2 heterocycles. The van der Waals surface area contributed by atoms with Crippen molar-refractivity contribution in [2.24, 2.45) is 0 Å². The topological polar surface area (TPSA) is 58.9 Å². The number of H-pyrrole nitrogens is 1. The SMILES string of the molecule is Cc1cc(F)cc(C)c1-c1nc(-c2ccc3[nH]c(=O)oc3c2)cs1. The minimum absolute atomic E-state index is 0.238. The Bertz CT molecular complexity index is 1100. The Morgan fingerprint density at radius 2 is 1.92 bits per heavy atom. The molecule has 2 aromatic heterocycles. The highest BCUT2D eigenvalue weighted by Crippen LogP contribution is 2.34. The molecule has 0 aliphatic heterocycles. The van der Waals surface area contributed by atoms with E-state index >= 15 is 0 Å². The van der Waals surface area contributed by atoms with Gasteiger partial charge in [-0.2, -0.15) is 0 Å². The van der Waals surface area contributed by atoms with Crippen molar-refractivity contribution in [1.29, 1.82) is 0 Å². The van der Waals surface area contributed by atoms with Crippen molar-refractivity contribution < 1.29 is 8.81 Å². The molecule has 0 unspecified atom stereocenters. The van der Waals surface area contributed by atoms with Crippen molar-refractivity contribution in [1.82, 2.24) is 9.97 Å². The van der Waals surface area contributed by atoms with Crippen molar-refractivity contribution >= 4 is 22.4 Å². The number of nitrogens with zero attached hydrogens (tertiary/aromatic N) is 1. The van der Waals surface area contributed by atoms with Gasteiger partial charge in [0.2, 0.25) is 0 Å². The van der Waals surface area contributed by atoms with Crippen LogP contribution in [0.3, 0.4) is 0 Å². The maximum atomic E-state index is 13.5. The number of benzene rings is 2. The fourth-order valence-corrected chi connectivity index (χ4v) is 3.88. The highest BCUT2D eigenvalue weighted by Gasteiger charge is 2.13. The van der Waals surface area contributed by atoms with E-state index < -0.39 is 5.76 Å². The number of rotatable bonds is 2. The third kappa shape index (κ3) is 2.45. The molecule has 4 rings (SSSR count). The Balaban J connectivity index is 1.80. The summed E-state index contributed by atoms with van der Waals surface area (Å²) < 4.78 is 18.6. The molecule has 0 saturated carbocycles. The van der Waals surface area contributed by atoms with Gasteiger partial charge in [0.05, 0.1) is 11.2 Å². The molecule has 0 radical (unpaired) electrons. The van der Waals surface area contributed by atoms with Gasteiger partial charge in [-0.3, -0.25) is 4.98 Å². The number of hydrogen-bond acceptors (Lipinski definition) is 4. The van der Waals surface area contributed by atoms with Crippen LogP contribution < -0.4 is 5.76 Å². The molecule has 0 atom stereocenters. The number of aromatic nitrogens is 2. The minimum atomic E-state index is -0.473. The molecule has 0 aliphatic carbocycles. The molecule has 0 fully saturated rings. The maximum absolute atomic E-state index is 13.5. The Hall–Kier alpha value is -2.73. The quantitative estimate of drug-likeness (QED) is 0.577. The smallest absolute Gasteiger partial charge is 0.408 e. The maximum Gasteiger partial charge on any atom is 0.417 e. The summed E-state index contributed by atoms with van der Waals surface area (Å²) in [7, 11) is 0. The van der Waals surface area contributed by atoms with Crippen molar-refractivity contribution in [3.05, 3.63) is 63.2 Å². The number of oxazole rings is 1. The Morgan fingerprint density at radius 3 is 2.67 bits per heavy atom. The number of thiazole rings is 1. The van der Waals surface area contributed by atoms with E-state index in [1.165, 1.54) is 23.5 Å². The van der Waals surface area contributed by atoms with Crippen LogP contribution in [0.15, 0.2) is 44.9 Å². The van der Waals surface area contributed by atoms with Gasteiger partial charge in [-0.15, -0.1) is 11.3 Å². The lowest BCUT2D eigenvalue weighted by Gasteiger charge is -2.07.